The van der Waals surface area contributed by atoms with Gasteiger partial charge in [0.25, 0.3) is 0 Å². The molecule has 2 N–H and O–H groups in total. The zero-order valence-electron chi connectivity index (χ0n) is 18.5. The van der Waals surface area contributed by atoms with Crippen LogP contribution in [0.1, 0.15) is 91.4 Å². The van der Waals surface area contributed by atoms with Gasteiger partial charge in [-0.1, -0.05) is 20.3 Å². The van der Waals surface area contributed by atoms with Gasteiger partial charge in [0.15, 0.2) is 0 Å². The molecule has 0 bridgehead atoms. The molecule has 4 rings (SSSR count). The van der Waals surface area contributed by atoms with Crippen LogP contribution in [0.5, 0.6) is 0 Å². The lowest BCUT2D eigenvalue weighted by atomic mass is 9.49. The number of nitrogens with zero attached hydrogens (tertiary/aromatic N) is 1. The summed E-state index contributed by atoms with van der Waals surface area (Å²) in [5.41, 5.74) is -2.11. The van der Waals surface area contributed by atoms with Gasteiger partial charge in [0.2, 0.25) is 0 Å². The number of hydrogen-bond acceptors (Lipinski definition) is 4. The van der Waals surface area contributed by atoms with Gasteiger partial charge in [-0.05, 0) is 101 Å². The Morgan fingerprint density at radius 1 is 1.17 bits per heavy atom. The first-order chi connectivity index (χ1) is 13.6. The van der Waals surface area contributed by atoms with Gasteiger partial charge in [-0.25, -0.2) is 0 Å². The molecule has 0 heterocycles. The second-order valence-corrected chi connectivity index (χ2v) is 11.5. The van der Waals surface area contributed by atoms with E-state index in [0.717, 1.165) is 51.4 Å². The van der Waals surface area contributed by atoms with Gasteiger partial charge in [0.1, 0.15) is 11.4 Å². The first kappa shape index (κ1) is 21.3. The van der Waals surface area contributed by atoms with Crippen LogP contribution in [0.25, 0.3) is 0 Å². The molecule has 4 aliphatic carbocycles. The molecule has 0 radical (unpaired) electrons. The lowest BCUT2D eigenvalue weighted by Gasteiger charge is -2.56. The smallest absolute Gasteiger partial charge is 0.149 e. The third kappa shape index (κ3) is 3.57. The van der Waals surface area contributed by atoms with Crippen molar-refractivity contribution in [3.05, 3.63) is 0 Å². The van der Waals surface area contributed by atoms with Crippen molar-refractivity contribution >= 4 is 5.78 Å². The molecular formula is C25H39NO3. The molecule has 4 fully saturated rings. The van der Waals surface area contributed by atoms with Crippen molar-refractivity contribution in [1.29, 1.82) is 5.26 Å². The van der Waals surface area contributed by atoms with E-state index < -0.39 is 11.2 Å². The van der Waals surface area contributed by atoms with E-state index in [1.165, 1.54) is 19.8 Å². The van der Waals surface area contributed by atoms with Crippen LogP contribution in [-0.4, -0.2) is 27.2 Å². The van der Waals surface area contributed by atoms with Gasteiger partial charge in [-0.2, -0.15) is 5.26 Å². The Morgan fingerprint density at radius 2 is 1.90 bits per heavy atom. The summed E-state index contributed by atoms with van der Waals surface area (Å²) in [7, 11) is 0. The highest BCUT2D eigenvalue weighted by atomic mass is 16.3. The zero-order valence-corrected chi connectivity index (χ0v) is 18.5. The third-order valence-electron chi connectivity index (χ3n) is 9.57. The van der Waals surface area contributed by atoms with Crippen molar-refractivity contribution in [1.82, 2.24) is 0 Å². The maximum absolute atomic E-state index is 13.3. The number of nitriles is 1. The number of hydrogen-bond donors (Lipinski definition) is 2. The monoisotopic (exact) mass is 401 g/mol. The van der Waals surface area contributed by atoms with Crippen LogP contribution < -0.4 is 0 Å². The molecule has 162 valence electrons. The Bertz CT molecular complexity index is 697. The minimum atomic E-state index is -1.41. The Balaban J connectivity index is 1.50. The fourth-order valence-corrected chi connectivity index (χ4v) is 8.30. The second-order valence-electron chi connectivity index (χ2n) is 11.5. The molecule has 0 aromatic heterocycles. The van der Waals surface area contributed by atoms with Gasteiger partial charge in [0.05, 0.1) is 11.7 Å². The molecule has 0 aromatic rings. The Kier molecular flexibility index (Phi) is 5.40. The van der Waals surface area contributed by atoms with Crippen molar-refractivity contribution in [3.8, 4) is 6.07 Å². The van der Waals surface area contributed by atoms with Crippen molar-refractivity contribution in [2.45, 2.75) is 103 Å². The number of fused-ring (bicyclic) bond motifs is 5. The van der Waals surface area contributed by atoms with Crippen molar-refractivity contribution in [3.63, 3.8) is 0 Å². The van der Waals surface area contributed by atoms with Crippen LogP contribution in [0.2, 0.25) is 0 Å². The van der Waals surface area contributed by atoms with Gasteiger partial charge < -0.3 is 10.2 Å². The maximum atomic E-state index is 13.3. The van der Waals surface area contributed by atoms with Gasteiger partial charge in [-0.3, -0.25) is 4.79 Å². The lowest BCUT2D eigenvalue weighted by Crippen LogP contribution is -2.51. The SMILES string of the molecule is CCC[C@@]1(O)CC[C@H]2[C@H](CC[C@@H]3[C@@H]2CC[C@]2(C)C(=O)C(CC(C)(O)C#N)C[C@@H]32)C1. The van der Waals surface area contributed by atoms with Crippen LogP contribution in [-0.2, 0) is 4.79 Å². The predicted molar refractivity (Wildman–Crippen MR) is 112 cm³/mol. The summed E-state index contributed by atoms with van der Waals surface area (Å²) in [6.07, 6.45) is 10.7. The van der Waals surface area contributed by atoms with E-state index in [2.05, 4.69) is 13.8 Å². The number of rotatable bonds is 4. The average molecular weight is 402 g/mol. The minimum Gasteiger partial charge on any atom is -0.390 e. The zero-order chi connectivity index (χ0) is 21.0. The number of aliphatic hydroxyl groups is 2. The minimum absolute atomic E-state index is 0.169. The largest absolute Gasteiger partial charge is 0.390 e. The molecule has 4 heteroatoms. The molecule has 29 heavy (non-hydrogen) atoms. The Labute approximate surface area is 176 Å². The van der Waals surface area contributed by atoms with E-state index in [4.69, 9.17) is 0 Å². The molecule has 0 aromatic carbocycles. The highest BCUT2D eigenvalue weighted by Crippen LogP contribution is 2.63. The van der Waals surface area contributed by atoms with E-state index in [9.17, 15) is 20.3 Å². The molecule has 2 unspecified atom stereocenters. The predicted octanol–water partition coefficient (Wildman–Crippen LogP) is 4.63. The second kappa shape index (κ2) is 7.34. The molecule has 9 atom stereocenters. The average Bonchev–Trinajstić information content (AvgIpc) is 2.92. The molecule has 0 saturated heterocycles. The molecule has 0 amide bonds. The summed E-state index contributed by atoms with van der Waals surface area (Å²) >= 11 is 0. The maximum Gasteiger partial charge on any atom is 0.149 e. The van der Waals surface area contributed by atoms with Gasteiger partial charge in [-0.15, -0.1) is 0 Å². The quantitative estimate of drug-likeness (QED) is 0.673. The fourth-order valence-electron chi connectivity index (χ4n) is 8.30. The molecule has 4 saturated carbocycles. The van der Waals surface area contributed by atoms with E-state index in [0.29, 0.717) is 35.4 Å². The first-order valence-electron chi connectivity index (χ1n) is 12.0. The number of carbonyl (C=O) groups is 1. The van der Waals surface area contributed by atoms with Crippen molar-refractivity contribution < 1.29 is 15.0 Å². The van der Waals surface area contributed by atoms with Crippen LogP contribution in [0.4, 0.5) is 0 Å². The third-order valence-corrected chi connectivity index (χ3v) is 9.57. The van der Waals surface area contributed by atoms with Crippen LogP contribution in [0.3, 0.4) is 0 Å². The lowest BCUT2D eigenvalue weighted by molar-refractivity contribution is -0.138. The number of ketones is 1. The fraction of sp³-hybridized carbons (Fsp3) is 0.920. The van der Waals surface area contributed by atoms with E-state index in [1.807, 2.05) is 6.07 Å². The normalized spacial score (nSPS) is 48.8. The van der Waals surface area contributed by atoms with Crippen molar-refractivity contribution in [2.24, 2.45) is 40.9 Å². The summed E-state index contributed by atoms with van der Waals surface area (Å²) in [6.45, 7) is 5.88. The van der Waals surface area contributed by atoms with E-state index >= 15 is 0 Å². The topological polar surface area (TPSA) is 81.3 Å². The van der Waals surface area contributed by atoms with Gasteiger partial charge >= 0.3 is 0 Å². The van der Waals surface area contributed by atoms with Crippen molar-refractivity contribution in [2.75, 3.05) is 0 Å². The standard InChI is InChI=1S/C25H39NO3/c1-4-9-25(29)11-8-18-16(14-25)5-6-20-19(18)7-10-24(3)21(20)12-17(22(24)27)13-23(2,28)15-26/h16-21,28-29H,4-14H2,1-3H3/t16-,17?,18+,19-,20-,21+,23?,24+,25-/m1/s1. The summed E-state index contributed by atoms with van der Waals surface area (Å²) in [5.74, 6) is 3.21. The van der Waals surface area contributed by atoms with Crippen LogP contribution >= 0.6 is 0 Å². The molecular weight excluding hydrogens is 362 g/mol. The van der Waals surface area contributed by atoms with Crippen LogP contribution in [0.15, 0.2) is 0 Å². The first-order valence-corrected chi connectivity index (χ1v) is 12.0. The molecule has 4 nitrogen and oxygen atoms in total. The summed E-state index contributed by atoms with van der Waals surface area (Å²) < 4.78 is 0. The van der Waals surface area contributed by atoms with Gasteiger partial charge in [0, 0.05) is 11.3 Å². The Hall–Kier alpha value is -0.920. The summed E-state index contributed by atoms with van der Waals surface area (Å²) in [4.78, 5) is 13.3. The van der Waals surface area contributed by atoms with E-state index in [-0.39, 0.29) is 17.8 Å². The highest BCUT2D eigenvalue weighted by Gasteiger charge is 2.60. The number of Topliss-reactive ketones (excluding diaryl/α,β-unsaturated/α-hetero) is 1. The molecule has 4 aliphatic rings. The molecule has 0 spiro atoms. The van der Waals surface area contributed by atoms with E-state index in [1.54, 1.807) is 0 Å². The van der Waals surface area contributed by atoms with Crippen LogP contribution in [0, 0.1) is 52.3 Å². The Morgan fingerprint density at radius 3 is 2.59 bits per heavy atom. The summed E-state index contributed by atoms with van der Waals surface area (Å²) in [5, 5.41) is 30.5. The number of carbonyl (C=O) groups excluding carboxylic acids is 1. The molecule has 0 aliphatic heterocycles. The highest BCUT2D eigenvalue weighted by molar-refractivity contribution is 5.89. The summed E-state index contributed by atoms with van der Waals surface area (Å²) in [6, 6.07) is 1.97.